The van der Waals surface area contributed by atoms with E-state index in [0.29, 0.717) is 19.0 Å². The van der Waals surface area contributed by atoms with Crippen LogP contribution in [-0.4, -0.2) is 79.4 Å². The van der Waals surface area contributed by atoms with E-state index in [-0.39, 0.29) is 41.6 Å². The first-order valence-corrected chi connectivity index (χ1v) is 13.4. The zero-order chi connectivity index (χ0) is 25.1. The maximum absolute atomic E-state index is 13.4. The number of likely N-dealkylation sites (tertiary alicyclic amines) is 1. The normalized spacial score (nSPS) is 26.7. The fourth-order valence-corrected chi connectivity index (χ4v) is 5.70. The fourth-order valence-electron chi connectivity index (χ4n) is 5.70. The Bertz CT molecular complexity index is 982. The molecule has 2 saturated heterocycles. The number of methoxy groups -OCH3 is 1. The molecule has 3 fully saturated rings. The Labute approximate surface area is 213 Å². The van der Waals surface area contributed by atoms with Crippen LogP contribution in [0.15, 0.2) is 36.4 Å². The summed E-state index contributed by atoms with van der Waals surface area (Å²) in [7, 11) is 1.62. The molecule has 3 atom stereocenters. The van der Waals surface area contributed by atoms with Gasteiger partial charge >= 0.3 is 0 Å². The first-order chi connectivity index (χ1) is 17.5. The van der Waals surface area contributed by atoms with Crippen molar-refractivity contribution >= 4 is 17.6 Å². The van der Waals surface area contributed by atoms with Crippen molar-refractivity contribution in [3.05, 3.63) is 42.0 Å². The molecule has 0 radical (unpaired) electrons. The van der Waals surface area contributed by atoms with Gasteiger partial charge in [0.25, 0.3) is 0 Å². The molecule has 0 aromatic heterocycles. The molecule has 3 unspecified atom stereocenters. The molecule has 8 heteroatoms. The van der Waals surface area contributed by atoms with Crippen LogP contribution in [-0.2, 0) is 9.59 Å². The molecule has 0 bridgehead atoms. The molecule has 2 amide bonds. The summed E-state index contributed by atoms with van der Waals surface area (Å²) in [6, 6.07) is 7.36. The summed E-state index contributed by atoms with van der Waals surface area (Å²) in [5.74, 6) is 1.67. The van der Waals surface area contributed by atoms with Crippen molar-refractivity contribution in [3.63, 3.8) is 0 Å². The van der Waals surface area contributed by atoms with Gasteiger partial charge in [-0.3, -0.25) is 24.6 Å². The first kappa shape index (κ1) is 25.0. The summed E-state index contributed by atoms with van der Waals surface area (Å²) >= 11 is 0. The molecule has 8 nitrogen and oxygen atoms in total. The van der Waals surface area contributed by atoms with Gasteiger partial charge in [0.15, 0.2) is 5.78 Å². The number of allylic oxidation sites excluding steroid dienone is 1. The minimum absolute atomic E-state index is 0.00883. The Morgan fingerprint density at radius 1 is 1.06 bits per heavy atom. The van der Waals surface area contributed by atoms with Gasteiger partial charge < -0.3 is 15.0 Å². The lowest BCUT2D eigenvalue weighted by Gasteiger charge is -2.40. The van der Waals surface area contributed by atoms with Crippen LogP contribution in [0.25, 0.3) is 0 Å². The number of ether oxygens (including phenoxy) is 1. The summed E-state index contributed by atoms with van der Waals surface area (Å²) in [5.41, 5.74) is 0.720. The number of nitrogens with zero attached hydrogens (tertiary/aromatic N) is 2. The molecule has 1 aromatic rings. The Morgan fingerprint density at radius 3 is 2.50 bits per heavy atom. The number of ketones is 1. The van der Waals surface area contributed by atoms with E-state index in [1.165, 1.54) is 12.8 Å². The standard InChI is InChI=1S/C28H38N4O4/c1-36-22-10-8-20(9-11-22)27(34)21-12-14-31(15-13-21)18-26(33)32(16-19-6-7-19)17-25-29-24-5-3-2-4-23(24)28(35)30-25/h3,5,8-11,19,21,23-25,29H,2,4,6-7,12-18H2,1H3,(H,30,35). The smallest absolute Gasteiger partial charge is 0.236 e. The van der Waals surface area contributed by atoms with Crippen molar-refractivity contribution in [1.82, 2.24) is 20.4 Å². The number of fused-ring (bicyclic) bond motifs is 1. The lowest BCUT2D eigenvalue weighted by atomic mass is 9.87. The molecule has 194 valence electrons. The van der Waals surface area contributed by atoms with Gasteiger partial charge in [-0.2, -0.15) is 0 Å². The maximum Gasteiger partial charge on any atom is 0.236 e. The minimum Gasteiger partial charge on any atom is -0.497 e. The van der Waals surface area contributed by atoms with Crippen molar-refractivity contribution in [2.24, 2.45) is 17.8 Å². The van der Waals surface area contributed by atoms with Crippen LogP contribution in [0.1, 0.15) is 48.9 Å². The van der Waals surface area contributed by atoms with Crippen molar-refractivity contribution in [2.75, 3.05) is 39.8 Å². The number of hydrogen-bond donors (Lipinski definition) is 2. The number of Topliss-reactive ketones (excluding diaryl/α,β-unsaturated/α-hetero) is 1. The number of nitrogens with one attached hydrogen (secondary N) is 2. The van der Waals surface area contributed by atoms with Gasteiger partial charge in [-0.05, 0) is 81.8 Å². The van der Waals surface area contributed by atoms with E-state index in [0.717, 1.165) is 56.6 Å². The highest BCUT2D eigenvalue weighted by Gasteiger charge is 2.37. The van der Waals surface area contributed by atoms with E-state index in [1.54, 1.807) is 7.11 Å². The van der Waals surface area contributed by atoms with Crippen LogP contribution in [0.5, 0.6) is 5.75 Å². The molecule has 2 aliphatic heterocycles. The number of rotatable bonds is 9. The molecule has 4 aliphatic rings. The van der Waals surface area contributed by atoms with Gasteiger partial charge in [-0.1, -0.05) is 12.2 Å². The van der Waals surface area contributed by atoms with Crippen molar-refractivity contribution in [3.8, 4) is 5.75 Å². The van der Waals surface area contributed by atoms with Crippen LogP contribution >= 0.6 is 0 Å². The average Bonchev–Trinajstić information content (AvgIpc) is 3.72. The van der Waals surface area contributed by atoms with Crippen molar-refractivity contribution < 1.29 is 19.1 Å². The topological polar surface area (TPSA) is 91.0 Å². The molecular weight excluding hydrogens is 456 g/mol. The zero-order valence-electron chi connectivity index (χ0n) is 21.2. The summed E-state index contributed by atoms with van der Waals surface area (Å²) in [6.07, 6.45) is 9.68. The molecule has 5 rings (SSSR count). The zero-order valence-corrected chi connectivity index (χ0v) is 21.2. The lowest BCUT2D eigenvalue weighted by molar-refractivity contribution is -0.136. The van der Waals surface area contributed by atoms with E-state index < -0.39 is 0 Å². The third kappa shape index (κ3) is 5.98. The molecule has 36 heavy (non-hydrogen) atoms. The van der Waals surface area contributed by atoms with E-state index in [1.807, 2.05) is 29.2 Å². The number of hydrogen-bond acceptors (Lipinski definition) is 6. The summed E-state index contributed by atoms with van der Waals surface area (Å²) in [4.78, 5) is 43.0. The highest BCUT2D eigenvalue weighted by atomic mass is 16.5. The number of carbonyl (C=O) groups excluding carboxylic acids is 3. The molecule has 2 heterocycles. The molecule has 1 saturated carbocycles. The van der Waals surface area contributed by atoms with E-state index in [9.17, 15) is 14.4 Å². The maximum atomic E-state index is 13.4. The Hall–Kier alpha value is -2.71. The monoisotopic (exact) mass is 494 g/mol. The molecule has 0 spiro atoms. The molecule has 1 aromatic carbocycles. The highest BCUT2D eigenvalue weighted by Crippen LogP contribution is 2.30. The van der Waals surface area contributed by atoms with Crippen LogP contribution < -0.4 is 15.4 Å². The van der Waals surface area contributed by atoms with E-state index >= 15 is 0 Å². The number of piperidine rings is 1. The number of benzene rings is 1. The lowest BCUT2D eigenvalue weighted by Crippen LogP contribution is -2.65. The Morgan fingerprint density at radius 2 is 1.81 bits per heavy atom. The largest absolute Gasteiger partial charge is 0.497 e. The van der Waals surface area contributed by atoms with Crippen LogP contribution in [0.4, 0.5) is 0 Å². The Balaban J connectivity index is 1.13. The second-order valence-corrected chi connectivity index (χ2v) is 10.8. The van der Waals surface area contributed by atoms with E-state index in [4.69, 9.17) is 4.74 Å². The second kappa shape index (κ2) is 11.1. The van der Waals surface area contributed by atoms with Gasteiger partial charge in [0.2, 0.25) is 11.8 Å². The van der Waals surface area contributed by atoms with Crippen molar-refractivity contribution in [2.45, 2.75) is 50.7 Å². The van der Waals surface area contributed by atoms with Gasteiger partial charge in [-0.25, -0.2) is 0 Å². The minimum atomic E-state index is -0.225. The second-order valence-electron chi connectivity index (χ2n) is 10.8. The average molecular weight is 495 g/mol. The van der Waals surface area contributed by atoms with Crippen LogP contribution in [0, 0.1) is 17.8 Å². The third-order valence-corrected chi connectivity index (χ3v) is 8.09. The summed E-state index contributed by atoms with van der Waals surface area (Å²) in [6.45, 7) is 3.08. The van der Waals surface area contributed by atoms with E-state index in [2.05, 4.69) is 27.7 Å². The SMILES string of the molecule is COc1ccc(C(=O)C2CCN(CC(=O)N(CC3CC3)CC3NC(=O)C4CCC=CC4N3)CC2)cc1. The van der Waals surface area contributed by atoms with Crippen molar-refractivity contribution in [1.29, 1.82) is 0 Å². The third-order valence-electron chi connectivity index (χ3n) is 8.09. The van der Waals surface area contributed by atoms with Crippen LogP contribution in [0.2, 0.25) is 0 Å². The van der Waals surface area contributed by atoms with Gasteiger partial charge in [0.05, 0.1) is 32.3 Å². The molecule has 2 aliphatic carbocycles. The quantitative estimate of drug-likeness (QED) is 0.404. The van der Waals surface area contributed by atoms with Gasteiger partial charge in [-0.15, -0.1) is 0 Å². The molecule has 2 N–H and O–H groups in total. The Kier molecular flexibility index (Phi) is 7.72. The summed E-state index contributed by atoms with van der Waals surface area (Å²) < 4.78 is 5.19. The van der Waals surface area contributed by atoms with Gasteiger partial charge in [0, 0.05) is 24.1 Å². The predicted molar refractivity (Wildman–Crippen MR) is 137 cm³/mol. The fraction of sp³-hybridized carbons (Fsp3) is 0.607. The van der Waals surface area contributed by atoms with Gasteiger partial charge in [0.1, 0.15) is 5.75 Å². The highest BCUT2D eigenvalue weighted by molar-refractivity contribution is 5.98. The number of carbonyl (C=O) groups is 3. The first-order valence-electron chi connectivity index (χ1n) is 13.4. The van der Waals surface area contributed by atoms with Crippen LogP contribution in [0.3, 0.4) is 0 Å². The summed E-state index contributed by atoms with van der Waals surface area (Å²) in [5, 5.41) is 6.64. The molecular formula is C28H38N4O4. The number of amides is 2. The predicted octanol–water partition coefficient (Wildman–Crippen LogP) is 2.21.